The van der Waals surface area contributed by atoms with Crippen molar-refractivity contribution in [1.82, 2.24) is 25.6 Å². The summed E-state index contributed by atoms with van der Waals surface area (Å²) >= 11 is 0. The van der Waals surface area contributed by atoms with Crippen LogP contribution < -0.4 is 10.6 Å². The molecule has 0 bridgehead atoms. The van der Waals surface area contributed by atoms with Gasteiger partial charge in [0, 0.05) is 29.7 Å². The van der Waals surface area contributed by atoms with Crippen molar-refractivity contribution in [2.75, 3.05) is 13.1 Å². The molecule has 1 atom stereocenters. The highest BCUT2D eigenvalue weighted by Gasteiger charge is 2.18. The lowest BCUT2D eigenvalue weighted by atomic mass is 10.1. The molecular formula is C18H17N5O. The van der Waals surface area contributed by atoms with Crippen molar-refractivity contribution >= 4 is 16.8 Å². The van der Waals surface area contributed by atoms with Crippen molar-refractivity contribution in [2.24, 2.45) is 0 Å². The van der Waals surface area contributed by atoms with Gasteiger partial charge in [0.05, 0.1) is 23.6 Å². The van der Waals surface area contributed by atoms with Crippen LogP contribution in [0.2, 0.25) is 0 Å². The summed E-state index contributed by atoms with van der Waals surface area (Å²) in [7, 11) is 0. The smallest absolute Gasteiger partial charge is 0.271 e. The van der Waals surface area contributed by atoms with Crippen molar-refractivity contribution in [3.63, 3.8) is 0 Å². The van der Waals surface area contributed by atoms with E-state index in [0.717, 1.165) is 41.7 Å². The molecule has 3 aromatic rings. The van der Waals surface area contributed by atoms with E-state index in [1.807, 2.05) is 30.3 Å². The first-order chi connectivity index (χ1) is 11.8. The van der Waals surface area contributed by atoms with Gasteiger partial charge in [0.15, 0.2) is 0 Å². The third kappa shape index (κ3) is 2.96. The molecule has 1 aromatic carbocycles. The molecule has 0 spiro atoms. The van der Waals surface area contributed by atoms with Crippen LogP contribution in [0.5, 0.6) is 0 Å². The average molecular weight is 319 g/mol. The molecule has 6 heteroatoms. The van der Waals surface area contributed by atoms with E-state index < -0.39 is 0 Å². The summed E-state index contributed by atoms with van der Waals surface area (Å²) in [4.78, 5) is 25.1. The van der Waals surface area contributed by atoms with Crippen LogP contribution in [0.4, 0.5) is 0 Å². The van der Waals surface area contributed by atoms with Gasteiger partial charge in [0.2, 0.25) is 0 Å². The third-order valence-corrected chi connectivity index (χ3v) is 4.18. The van der Waals surface area contributed by atoms with E-state index in [2.05, 4.69) is 25.6 Å². The molecule has 1 fully saturated rings. The maximum atomic E-state index is 12.2. The summed E-state index contributed by atoms with van der Waals surface area (Å²) < 4.78 is 0. The standard InChI is InChI=1S/C18H17N5O/c24-18(23-14-5-7-19-9-14)17-11-21-16(10-22-17)13-3-4-15-12(8-13)2-1-6-20-15/h1-4,6,8,10-11,14,19H,5,7,9H2,(H,23,24). The summed E-state index contributed by atoms with van der Waals surface area (Å²) in [5.41, 5.74) is 2.97. The molecule has 0 radical (unpaired) electrons. The Morgan fingerprint density at radius 1 is 1.17 bits per heavy atom. The van der Waals surface area contributed by atoms with Crippen molar-refractivity contribution in [2.45, 2.75) is 12.5 Å². The van der Waals surface area contributed by atoms with E-state index >= 15 is 0 Å². The summed E-state index contributed by atoms with van der Waals surface area (Å²) in [5, 5.41) is 7.23. The Labute approximate surface area is 139 Å². The first-order valence-corrected chi connectivity index (χ1v) is 7.98. The molecule has 2 N–H and O–H groups in total. The highest BCUT2D eigenvalue weighted by molar-refractivity contribution is 5.92. The SMILES string of the molecule is O=C(NC1CCNC1)c1cnc(-c2ccc3ncccc3c2)cn1. The summed E-state index contributed by atoms with van der Waals surface area (Å²) in [6.45, 7) is 1.74. The Morgan fingerprint density at radius 2 is 2.12 bits per heavy atom. The van der Waals surface area contributed by atoms with Gasteiger partial charge in [-0.05, 0) is 31.2 Å². The molecule has 1 aliphatic rings. The highest BCUT2D eigenvalue weighted by atomic mass is 16.1. The zero-order chi connectivity index (χ0) is 16.4. The van der Waals surface area contributed by atoms with Crippen molar-refractivity contribution in [3.8, 4) is 11.3 Å². The van der Waals surface area contributed by atoms with Crippen LogP contribution in [0.1, 0.15) is 16.9 Å². The van der Waals surface area contributed by atoms with Crippen LogP contribution >= 0.6 is 0 Å². The van der Waals surface area contributed by atoms with Crippen molar-refractivity contribution in [1.29, 1.82) is 0 Å². The normalized spacial score (nSPS) is 17.1. The van der Waals surface area contributed by atoms with Crippen LogP contribution in [0.25, 0.3) is 22.2 Å². The highest BCUT2D eigenvalue weighted by Crippen LogP contribution is 2.21. The van der Waals surface area contributed by atoms with Gasteiger partial charge < -0.3 is 10.6 Å². The van der Waals surface area contributed by atoms with Gasteiger partial charge in [-0.2, -0.15) is 0 Å². The molecule has 24 heavy (non-hydrogen) atoms. The van der Waals surface area contributed by atoms with E-state index in [-0.39, 0.29) is 11.9 Å². The summed E-state index contributed by atoms with van der Waals surface area (Å²) in [5.74, 6) is -0.175. The molecular weight excluding hydrogens is 302 g/mol. The second-order valence-electron chi connectivity index (χ2n) is 5.86. The monoisotopic (exact) mass is 319 g/mol. The zero-order valence-corrected chi connectivity index (χ0v) is 13.1. The van der Waals surface area contributed by atoms with E-state index in [0.29, 0.717) is 5.69 Å². The lowest BCUT2D eigenvalue weighted by Gasteiger charge is -2.10. The number of nitrogens with one attached hydrogen (secondary N) is 2. The summed E-state index contributed by atoms with van der Waals surface area (Å²) in [6, 6.07) is 10.0. The number of nitrogens with zero attached hydrogens (tertiary/aromatic N) is 3. The number of rotatable bonds is 3. The molecule has 1 amide bonds. The van der Waals surface area contributed by atoms with Gasteiger partial charge >= 0.3 is 0 Å². The maximum Gasteiger partial charge on any atom is 0.271 e. The van der Waals surface area contributed by atoms with Gasteiger partial charge in [-0.1, -0.05) is 12.1 Å². The molecule has 1 aliphatic heterocycles. The number of carbonyl (C=O) groups excluding carboxylic acids is 1. The quantitative estimate of drug-likeness (QED) is 0.769. The number of carbonyl (C=O) groups is 1. The Kier molecular flexibility index (Phi) is 3.88. The minimum Gasteiger partial charge on any atom is -0.347 e. The number of amides is 1. The molecule has 1 unspecified atom stereocenters. The maximum absolute atomic E-state index is 12.2. The fraction of sp³-hybridized carbons (Fsp3) is 0.222. The minimum atomic E-state index is -0.175. The molecule has 4 rings (SSSR count). The second-order valence-corrected chi connectivity index (χ2v) is 5.86. The predicted molar refractivity (Wildman–Crippen MR) is 91.5 cm³/mol. The fourth-order valence-corrected chi connectivity index (χ4v) is 2.87. The van der Waals surface area contributed by atoms with Gasteiger partial charge in [-0.15, -0.1) is 0 Å². The number of fused-ring (bicyclic) bond motifs is 1. The Bertz CT molecular complexity index is 872. The first kappa shape index (κ1) is 14.7. The molecule has 2 aromatic heterocycles. The molecule has 6 nitrogen and oxygen atoms in total. The van der Waals surface area contributed by atoms with Gasteiger partial charge in [-0.25, -0.2) is 4.98 Å². The molecule has 0 aliphatic carbocycles. The van der Waals surface area contributed by atoms with Gasteiger partial charge in [0.1, 0.15) is 5.69 Å². The lowest BCUT2D eigenvalue weighted by Crippen LogP contribution is -2.36. The summed E-state index contributed by atoms with van der Waals surface area (Å²) in [6.07, 6.45) is 5.89. The largest absolute Gasteiger partial charge is 0.347 e. The third-order valence-electron chi connectivity index (χ3n) is 4.18. The zero-order valence-electron chi connectivity index (χ0n) is 13.1. The number of hydrogen-bond donors (Lipinski definition) is 2. The van der Waals surface area contributed by atoms with Crippen LogP contribution in [-0.4, -0.2) is 40.0 Å². The Morgan fingerprint density at radius 3 is 2.92 bits per heavy atom. The molecule has 0 saturated carbocycles. The van der Waals surface area contributed by atoms with Crippen LogP contribution in [0.3, 0.4) is 0 Å². The Balaban J connectivity index is 1.54. The number of pyridine rings is 1. The number of aromatic nitrogens is 3. The lowest BCUT2D eigenvalue weighted by molar-refractivity contribution is 0.0934. The van der Waals surface area contributed by atoms with Crippen LogP contribution in [-0.2, 0) is 0 Å². The molecule has 120 valence electrons. The van der Waals surface area contributed by atoms with E-state index in [4.69, 9.17) is 0 Å². The van der Waals surface area contributed by atoms with Crippen molar-refractivity contribution in [3.05, 3.63) is 54.6 Å². The molecule has 3 heterocycles. The van der Waals surface area contributed by atoms with E-state index in [1.165, 1.54) is 6.20 Å². The number of benzene rings is 1. The predicted octanol–water partition coefficient (Wildman–Crippen LogP) is 1.78. The Hall–Kier alpha value is -2.86. The molecule has 1 saturated heterocycles. The fourth-order valence-electron chi connectivity index (χ4n) is 2.87. The minimum absolute atomic E-state index is 0.173. The van der Waals surface area contributed by atoms with Gasteiger partial charge in [-0.3, -0.25) is 14.8 Å². The van der Waals surface area contributed by atoms with E-state index in [9.17, 15) is 4.79 Å². The number of hydrogen-bond acceptors (Lipinski definition) is 5. The van der Waals surface area contributed by atoms with Crippen LogP contribution in [0, 0.1) is 0 Å². The average Bonchev–Trinajstić information content (AvgIpc) is 3.14. The van der Waals surface area contributed by atoms with Crippen molar-refractivity contribution < 1.29 is 4.79 Å². The van der Waals surface area contributed by atoms with E-state index in [1.54, 1.807) is 12.4 Å². The van der Waals surface area contributed by atoms with Crippen LogP contribution in [0.15, 0.2) is 48.9 Å². The van der Waals surface area contributed by atoms with Gasteiger partial charge in [0.25, 0.3) is 5.91 Å². The first-order valence-electron chi connectivity index (χ1n) is 7.98. The second kappa shape index (κ2) is 6.33. The topological polar surface area (TPSA) is 79.8 Å².